The van der Waals surface area contributed by atoms with Crippen molar-refractivity contribution in [2.45, 2.75) is 44.1 Å². The van der Waals surface area contributed by atoms with Crippen molar-refractivity contribution in [2.24, 2.45) is 5.92 Å². The van der Waals surface area contributed by atoms with E-state index in [1.165, 1.54) is 4.90 Å². The van der Waals surface area contributed by atoms with Gasteiger partial charge in [-0.3, -0.25) is 4.79 Å². The third-order valence-electron chi connectivity index (χ3n) is 3.41. The van der Waals surface area contributed by atoms with Crippen LogP contribution in [0.4, 0.5) is 8.78 Å². The van der Waals surface area contributed by atoms with Gasteiger partial charge in [0.1, 0.15) is 12.5 Å². The largest absolute Gasteiger partial charge is 0.326 e. The minimum atomic E-state index is -2.83. The zero-order chi connectivity index (χ0) is 11.8. The van der Waals surface area contributed by atoms with Gasteiger partial charge in [0.15, 0.2) is 0 Å². The first-order valence-electron chi connectivity index (χ1n) is 5.61. The Morgan fingerprint density at radius 3 is 2.44 bits per heavy atom. The van der Waals surface area contributed by atoms with Gasteiger partial charge in [0, 0.05) is 12.5 Å². The number of alkyl halides is 2. The zero-order valence-electron chi connectivity index (χ0n) is 8.96. The van der Waals surface area contributed by atoms with Crippen molar-refractivity contribution in [3.63, 3.8) is 0 Å². The summed E-state index contributed by atoms with van der Waals surface area (Å²) in [6.07, 6.45) is 3.36. The van der Waals surface area contributed by atoms with E-state index in [4.69, 9.17) is 5.26 Å². The molecule has 1 unspecified atom stereocenters. The first-order chi connectivity index (χ1) is 7.56. The summed E-state index contributed by atoms with van der Waals surface area (Å²) in [7, 11) is 0. The van der Waals surface area contributed by atoms with Crippen LogP contribution >= 0.6 is 0 Å². The van der Waals surface area contributed by atoms with Crippen molar-refractivity contribution < 1.29 is 13.6 Å². The molecule has 88 valence electrons. The highest BCUT2D eigenvalue weighted by Crippen LogP contribution is 2.50. The average Bonchev–Trinajstić information content (AvgIpc) is 2.70. The maximum Gasteiger partial charge on any atom is 0.260 e. The van der Waals surface area contributed by atoms with Gasteiger partial charge in [0.25, 0.3) is 5.92 Å². The molecule has 1 atom stereocenters. The first kappa shape index (κ1) is 11.3. The SMILES string of the molecule is N#CCN(C(=O)C1CC1(F)F)C1CCCC1. The van der Waals surface area contributed by atoms with Gasteiger partial charge in [0.2, 0.25) is 5.91 Å². The number of amides is 1. The summed E-state index contributed by atoms with van der Waals surface area (Å²) < 4.78 is 25.6. The van der Waals surface area contributed by atoms with E-state index in [9.17, 15) is 13.6 Å². The highest BCUT2D eigenvalue weighted by atomic mass is 19.3. The predicted molar refractivity (Wildman–Crippen MR) is 52.6 cm³/mol. The van der Waals surface area contributed by atoms with Gasteiger partial charge in [-0.15, -0.1) is 0 Å². The zero-order valence-corrected chi connectivity index (χ0v) is 8.96. The molecule has 0 aromatic carbocycles. The fraction of sp³-hybridized carbons (Fsp3) is 0.818. The molecule has 0 aromatic heterocycles. The molecule has 0 spiro atoms. The third kappa shape index (κ3) is 2.01. The summed E-state index contributed by atoms with van der Waals surface area (Å²) in [5, 5.41) is 8.65. The van der Waals surface area contributed by atoms with Crippen LogP contribution in [0.15, 0.2) is 0 Å². The lowest BCUT2D eigenvalue weighted by Gasteiger charge is -2.26. The van der Waals surface area contributed by atoms with Crippen molar-refractivity contribution in [3.05, 3.63) is 0 Å². The molecule has 2 aliphatic rings. The van der Waals surface area contributed by atoms with Crippen molar-refractivity contribution in [3.8, 4) is 6.07 Å². The van der Waals surface area contributed by atoms with Crippen molar-refractivity contribution in [2.75, 3.05) is 6.54 Å². The summed E-state index contributed by atoms with van der Waals surface area (Å²) in [4.78, 5) is 13.2. The van der Waals surface area contributed by atoms with E-state index in [1.807, 2.05) is 6.07 Å². The van der Waals surface area contributed by atoms with Crippen molar-refractivity contribution >= 4 is 5.91 Å². The molecule has 0 saturated heterocycles. The maximum atomic E-state index is 12.8. The summed E-state index contributed by atoms with van der Waals surface area (Å²) in [5.41, 5.74) is 0. The highest BCUT2D eigenvalue weighted by molar-refractivity contribution is 5.83. The molecule has 0 heterocycles. The quantitative estimate of drug-likeness (QED) is 0.693. The Bertz CT molecular complexity index is 331. The topological polar surface area (TPSA) is 44.1 Å². The normalized spacial score (nSPS) is 27.4. The van der Waals surface area contributed by atoms with Crippen LogP contribution < -0.4 is 0 Å². The number of carbonyl (C=O) groups excluding carboxylic acids is 1. The molecule has 0 aliphatic heterocycles. The van der Waals surface area contributed by atoms with Crippen LogP contribution in [0.5, 0.6) is 0 Å². The lowest BCUT2D eigenvalue weighted by atomic mass is 10.2. The molecule has 2 fully saturated rings. The second-order valence-electron chi connectivity index (χ2n) is 4.58. The number of hydrogen-bond acceptors (Lipinski definition) is 2. The van der Waals surface area contributed by atoms with Crippen LogP contribution in [0.25, 0.3) is 0 Å². The summed E-state index contributed by atoms with van der Waals surface area (Å²) in [6, 6.07) is 1.90. The number of nitrogens with zero attached hydrogens (tertiary/aromatic N) is 2. The van der Waals surface area contributed by atoms with E-state index in [2.05, 4.69) is 0 Å². The standard InChI is InChI=1S/C11H14F2N2O/c12-11(13)7-9(11)10(16)15(6-5-14)8-3-1-2-4-8/h8-9H,1-4,6-7H2. The second-order valence-corrected chi connectivity index (χ2v) is 4.58. The first-order valence-corrected chi connectivity index (χ1v) is 5.61. The minimum absolute atomic E-state index is 0.00329. The van der Waals surface area contributed by atoms with Crippen molar-refractivity contribution in [1.29, 1.82) is 5.26 Å². The molecule has 0 radical (unpaired) electrons. The molecule has 1 amide bonds. The lowest BCUT2D eigenvalue weighted by molar-refractivity contribution is -0.136. The Hall–Kier alpha value is -1.18. The van der Waals surface area contributed by atoms with Gasteiger partial charge in [-0.2, -0.15) is 5.26 Å². The average molecular weight is 228 g/mol. The van der Waals surface area contributed by atoms with Crippen LogP contribution in [-0.4, -0.2) is 29.3 Å². The molecular formula is C11H14F2N2O. The van der Waals surface area contributed by atoms with Crippen LogP contribution in [0.2, 0.25) is 0 Å². The monoisotopic (exact) mass is 228 g/mol. The lowest BCUT2D eigenvalue weighted by Crippen LogP contribution is -2.41. The number of carbonyl (C=O) groups is 1. The molecule has 0 aromatic rings. The molecule has 5 heteroatoms. The smallest absolute Gasteiger partial charge is 0.260 e. The second kappa shape index (κ2) is 4.00. The van der Waals surface area contributed by atoms with Crippen LogP contribution in [0.3, 0.4) is 0 Å². The maximum absolute atomic E-state index is 12.8. The Labute approximate surface area is 93.0 Å². The molecular weight excluding hydrogens is 214 g/mol. The van der Waals surface area contributed by atoms with E-state index < -0.39 is 17.7 Å². The van der Waals surface area contributed by atoms with Crippen LogP contribution in [0.1, 0.15) is 32.1 Å². The van der Waals surface area contributed by atoms with Gasteiger partial charge >= 0.3 is 0 Å². The number of hydrogen-bond donors (Lipinski definition) is 0. The van der Waals surface area contributed by atoms with E-state index in [0.29, 0.717) is 0 Å². The highest BCUT2D eigenvalue weighted by Gasteiger charge is 2.62. The molecule has 0 bridgehead atoms. The molecule has 2 saturated carbocycles. The molecule has 2 aliphatic carbocycles. The van der Waals surface area contributed by atoms with Gasteiger partial charge in [0.05, 0.1) is 6.07 Å². The Morgan fingerprint density at radius 2 is 2.00 bits per heavy atom. The number of halogens is 2. The van der Waals surface area contributed by atoms with E-state index >= 15 is 0 Å². The molecule has 16 heavy (non-hydrogen) atoms. The number of rotatable bonds is 3. The van der Waals surface area contributed by atoms with E-state index in [-0.39, 0.29) is 19.0 Å². The third-order valence-corrected chi connectivity index (χ3v) is 3.41. The Morgan fingerprint density at radius 1 is 1.44 bits per heavy atom. The summed E-state index contributed by atoms with van der Waals surface area (Å²) in [5.74, 6) is -4.52. The molecule has 0 N–H and O–H groups in total. The molecule has 2 rings (SSSR count). The van der Waals surface area contributed by atoms with E-state index in [0.717, 1.165) is 25.7 Å². The fourth-order valence-corrected chi connectivity index (χ4v) is 2.36. The van der Waals surface area contributed by atoms with Gasteiger partial charge < -0.3 is 4.90 Å². The van der Waals surface area contributed by atoms with Gasteiger partial charge in [-0.25, -0.2) is 8.78 Å². The van der Waals surface area contributed by atoms with E-state index in [1.54, 1.807) is 0 Å². The molecule has 3 nitrogen and oxygen atoms in total. The number of nitriles is 1. The van der Waals surface area contributed by atoms with Gasteiger partial charge in [-0.1, -0.05) is 12.8 Å². The Kier molecular flexibility index (Phi) is 2.83. The summed E-state index contributed by atoms with van der Waals surface area (Å²) >= 11 is 0. The minimum Gasteiger partial charge on any atom is -0.326 e. The van der Waals surface area contributed by atoms with Gasteiger partial charge in [-0.05, 0) is 12.8 Å². The summed E-state index contributed by atoms with van der Waals surface area (Å²) in [6.45, 7) is -0.0594. The van der Waals surface area contributed by atoms with Crippen molar-refractivity contribution in [1.82, 2.24) is 4.90 Å². The van der Waals surface area contributed by atoms with Crippen LogP contribution in [0, 0.1) is 17.2 Å². The van der Waals surface area contributed by atoms with Crippen LogP contribution in [-0.2, 0) is 4.79 Å². The fourth-order valence-electron chi connectivity index (χ4n) is 2.36. The predicted octanol–water partition coefficient (Wildman–Crippen LogP) is 1.94. The Balaban J connectivity index is 2.02.